The summed E-state index contributed by atoms with van der Waals surface area (Å²) in [7, 11) is 0. The topological polar surface area (TPSA) is 29.5 Å². The van der Waals surface area contributed by atoms with Gasteiger partial charge in [-0.15, -0.1) is 0 Å². The van der Waals surface area contributed by atoms with E-state index in [2.05, 4.69) is 12.2 Å². The average molecular weight is 250 g/mol. The third-order valence-corrected chi connectivity index (χ3v) is 5.14. The molecule has 3 rings (SSSR count). The van der Waals surface area contributed by atoms with Gasteiger partial charge in [-0.1, -0.05) is 30.4 Å². The molecule has 2 aliphatic rings. The minimum Gasteiger partial charge on any atom is -0.444 e. The monoisotopic (exact) mass is 250 g/mol. The van der Waals surface area contributed by atoms with Gasteiger partial charge in [0.05, 0.1) is 5.30 Å². The van der Waals surface area contributed by atoms with Gasteiger partial charge in [0.25, 0.3) is 6.49 Å². The Kier molecular flexibility index (Phi) is 2.28. The molecule has 16 heavy (non-hydrogen) atoms. The lowest BCUT2D eigenvalue weighted by Crippen LogP contribution is -2.18. The molecular weight excluding hydrogens is 239 g/mol. The molecule has 0 spiro atoms. The summed E-state index contributed by atoms with van der Waals surface area (Å²) in [4.78, 5) is 10.2. The van der Waals surface area contributed by atoms with Crippen LogP contribution >= 0.6 is 6.49 Å². The standard InChI is InChI=1S/C12H11O2PS/c13-15(16)12-8-4-2-6-10(12)9-5-1-3-7-11(9)14-15/h1-2,4-6,8H,3,7H2,(H,13,16). The maximum absolute atomic E-state index is 10.2. The Hall–Kier alpha value is -0.890. The summed E-state index contributed by atoms with van der Waals surface area (Å²) >= 11 is 5.20. The Bertz CT molecular complexity index is 560. The lowest BCUT2D eigenvalue weighted by molar-refractivity contribution is 0.389. The molecule has 4 heteroatoms. The van der Waals surface area contributed by atoms with Crippen molar-refractivity contribution in [2.45, 2.75) is 12.8 Å². The second-order valence-corrected chi connectivity index (χ2v) is 7.10. The van der Waals surface area contributed by atoms with E-state index in [1.54, 1.807) is 0 Å². The number of fused-ring (bicyclic) bond motifs is 2. The number of hydrogen-bond donors (Lipinski definition) is 1. The Morgan fingerprint density at radius 1 is 1.31 bits per heavy atom. The van der Waals surface area contributed by atoms with Crippen molar-refractivity contribution < 1.29 is 9.42 Å². The van der Waals surface area contributed by atoms with E-state index in [0.29, 0.717) is 0 Å². The van der Waals surface area contributed by atoms with E-state index >= 15 is 0 Å². The third-order valence-electron chi connectivity index (χ3n) is 2.86. The van der Waals surface area contributed by atoms with Gasteiger partial charge >= 0.3 is 0 Å². The van der Waals surface area contributed by atoms with Gasteiger partial charge in [-0.05, 0) is 29.9 Å². The Morgan fingerprint density at radius 2 is 2.12 bits per heavy atom. The maximum Gasteiger partial charge on any atom is 0.266 e. The summed E-state index contributed by atoms with van der Waals surface area (Å²) < 4.78 is 5.61. The summed E-state index contributed by atoms with van der Waals surface area (Å²) in [5.41, 5.74) is 2.11. The van der Waals surface area contributed by atoms with Crippen LogP contribution in [0.1, 0.15) is 18.4 Å². The lowest BCUT2D eigenvalue weighted by Gasteiger charge is -2.30. The van der Waals surface area contributed by atoms with Crippen LogP contribution in [0.15, 0.2) is 42.2 Å². The average Bonchev–Trinajstić information content (AvgIpc) is 2.29. The smallest absolute Gasteiger partial charge is 0.266 e. The summed E-state index contributed by atoms with van der Waals surface area (Å²) in [5, 5.41) is 0.773. The number of allylic oxidation sites excluding steroid dienone is 4. The first-order valence-electron chi connectivity index (χ1n) is 5.20. The van der Waals surface area contributed by atoms with Gasteiger partial charge in [0.1, 0.15) is 5.76 Å². The first-order chi connectivity index (χ1) is 7.68. The molecule has 0 radical (unpaired) electrons. The predicted octanol–water partition coefficient (Wildman–Crippen LogP) is 2.71. The highest BCUT2D eigenvalue weighted by Gasteiger charge is 2.31. The molecule has 1 aromatic carbocycles. The molecule has 1 aliphatic heterocycles. The van der Waals surface area contributed by atoms with E-state index in [9.17, 15) is 4.89 Å². The molecule has 1 atom stereocenters. The van der Waals surface area contributed by atoms with Crippen molar-refractivity contribution >= 4 is 29.2 Å². The van der Waals surface area contributed by atoms with Crippen LogP contribution in [0, 0.1) is 0 Å². The van der Waals surface area contributed by atoms with E-state index in [-0.39, 0.29) is 0 Å². The Balaban J connectivity index is 2.29. The molecule has 0 fully saturated rings. The zero-order chi connectivity index (χ0) is 11.2. The minimum atomic E-state index is -2.82. The molecule has 1 N–H and O–H groups in total. The fourth-order valence-electron chi connectivity index (χ4n) is 2.12. The molecule has 1 unspecified atom stereocenters. The van der Waals surface area contributed by atoms with Gasteiger partial charge in [-0.3, -0.25) is 0 Å². The first-order valence-corrected chi connectivity index (χ1v) is 7.88. The van der Waals surface area contributed by atoms with Crippen LogP contribution < -0.4 is 5.30 Å². The van der Waals surface area contributed by atoms with Crippen LogP contribution in [0.5, 0.6) is 0 Å². The van der Waals surface area contributed by atoms with Crippen LogP contribution in [-0.2, 0) is 16.3 Å². The maximum atomic E-state index is 10.2. The van der Waals surface area contributed by atoms with E-state index in [1.165, 1.54) is 0 Å². The molecule has 1 aliphatic carbocycles. The highest BCUT2D eigenvalue weighted by molar-refractivity contribution is 8.13. The Labute approximate surface area is 99.4 Å². The van der Waals surface area contributed by atoms with E-state index in [1.807, 2.05) is 24.3 Å². The highest BCUT2D eigenvalue weighted by atomic mass is 32.5. The van der Waals surface area contributed by atoms with E-state index in [0.717, 1.165) is 35.0 Å². The fourth-order valence-corrected chi connectivity index (χ4v) is 4.23. The molecule has 2 nitrogen and oxygen atoms in total. The van der Waals surface area contributed by atoms with Gasteiger partial charge in [0.15, 0.2) is 0 Å². The highest BCUT2D eigenvalue weighted by Crippen LogP contribution is 2.52. The van der Waals surface area contributed by atoms with Crippen molar-refractivity contribution in [1.29, 1.82) is 0 Å². The molecular formula is C12H11O2PS. The van der Waals surface area contributed by atoms with Gasteiger partial charge in [0.2, 0.25) is 0 Å². The molecule has 0 saturated carbocycles. The first kappa shape index (κ1) is 10.3. The van der Waals surface area contributed by atoms with Gasteiger partial charge in [-0.25, -0.2) is 0 Å². The minimum absolute atomic E-state index is 0.773. The van der Waals surface area contributed by atoms with Crippen LogP contribution in [-0.4, -0.2) is 4.89 Å². The van der Waals surface area contributed by atoms with E-state index < -0.39 is 6.49 Å². The lowest BCUT2D eigenvalue weighted by atomic mass is 9.98. The van der Waals surface area contributed by atoms with Crippen LogP contribution in [0.4, 0.5) is 0 Å². The summed E-state index contributed by atoms with van der Waals surface area (Å²) in [6.45, 7) is -2.82. The fraction of sp³-hybridized carbons (Fsp3) is 0.167. The SMILES string of the molecule is OP1(=S)OC2=C(C=CCC2)c2ccccc21. The van der Waals surface area contributed by atoms with Gasteiger partial charge in [-0.2, -0.15) is 0 Å². The van der Waals surface area contributed by atoms with Crippen molar-refractivity contribution in [3.8, 4) is 0 Å². The summed E-state index contributed by atoms with van der Waals surface area (Å²) in [6.07, 6.45) is 5.98. The summed E-state index contributed by atoms with van der Waals surface area (Å²) in [6, 6.07) is 7.71. The van der Waals surface area contributed by atoms with Crippen molar-refractivity contribution in [1.82, 2.24) is 0 Å². The predicted molar refractivity (Wildman–Crippen MR) is 69.0 cm³/mol. The largest absolute Gasteiger partial charge is 0.444 e. The second kappa shape index (κ2) is 3.56. The molecule has 0 bridgehead atoms. The van der Waals surface area contributed by atoms with Gasteiger partial charge < -0.3 is 9.42 Å². The van der Waals surface area contributed by atoms with Gasteiger partial charge in [0, 0.05) is 12.0 Å². The van der Waals surface area contributed by atoms with Crippen molar-refractivity contribution in [3.63, 3.8) is 0 Å². The second-order valence-electron chi connectivity index (χ2n) is 3.91. The molecule has 1 heterocycles. The quantitative estimate of drug-likeness (QED) is 0.718. The van der Waals surface area contributed by atoms with E-state index in [4.69, 9.17) is 16.3 Å². The van der Waals surface area contributed by atoms with Crippen LogP contribution in [0.25, 0.3) is 5.57 Å². The number of benzene rings is 1. The normalized spacial score (nSPS) is 27.1. The Morgan fingerprint density at radius 3 is 3.00 bits per heavy atom. The molecule has 0 aromatic heterocycles. The van der Waals surface area contributed by atoms with Crippen LogP contribution in [0.2, 0.25) is 0 Å². The summed E-state index contributed by atoms with van der Waals surface area (Å²) in [5.74, 6) is 0.854. The van der Waals surface area contributed by atoms with Crippen molar-refractivity contribution in [3.05, 3.63) is 47.7 Å². The van der Waals surface area contributed by atoms with Crippen molar-refractivity contribution in [2.24, 2.45) is 0 Å². The molecule has 0 saturated heterocycles. The number of rotatable bonds is 0. The van der Waals surface area contributed by atoms with Crippen molar-refractivity contribution in [2.75, 3.05) is 0 Å². The third kappa shape index (κ3) is 1.47. The zero-order valence-electron chi connectivity index (χ0n) is 8.59. The number of hydrogen-bond acceptors (Lipinski definition) is 2. The zero-order valence-corrected chi connectivity index (χ0v) is 10.3. The van der Waals surface area contributed by atoms with Crippen LogP contribution in [0.3, 0.4) is 0 Å². The molecule has 1 aromatic rings. The molecule has 82 valence electrons. The molecule has 0 amide bonds.